The number of rotatable bonds is 24. The summed E-state index contributed by atoms with van der Waals surface area (Å²) in [6, 6.07) is 0. The molecule has 1 N–H and O–H groups in total. The van der Waals surface area contributed by atoms with Crippen LogP contribution < -0.4 is 0 Å². The van der Waals surface area contributed by atoms with E-state index in [2.05, 4.69) is 13.8 Å². The van der Waals surface area contributed by atoms with Crippen molar-refractivity contribution in [1.29, 1.82) is 0 Å². The molecule has 0 bridgehead atoms. The predicted octanol–water partition coefficient (Wildman–Crippen LogP) is 6.11. The van der Waals surface area contributed by atoms with E-state index in [-0.39, 0.29) is 26.1 Å². The van der Waals surface area contributed by atoms with Crippen LogP contribution in [0.2, 0.25) is 0 Å². The zero-order valence-electron chi connectivity index (χ0n) is 24.4. The summed E-state index contributed by atoms with van der Waals surface area (Å²) in [7, 11) is 1.42. The fraction of sp³-hybridized carbons (Fsp3) is 0.786. The summed E-state index contributed by atoms with van der Waals surface area (Å²) in [5, 5.41) is 0. The number of hydrogen-bond donors (Lipinski definition) is 1. The van der Waals surface area contributed by atoms with Crippen LogP contribution in [-0.2, 0) is 32.7 Å². The van der Waals surface area contributed by atoms with Crippen LogP contribution >= 0.6 is 7.82 Å². The van der Waals surface area contributed by atoms with Crippen molar-refractivity contribution in [1.82, 2.24) is 0 Å². The molecular weight excluding hydrogens is 509 g/mol. The molecule has 0 amide bonds. The van der Waals surface area contributed by atoms with Crippen LogP contribution in [0.5, 0.6) is 0 Å². The number of hydrogen-bond acceptors (Lipinski definition) is 7. The van der Waals surface area contributed by atoms with Crippen molar-refractivity contribution in [3.63, 3.8) is 0 Å². The van der Waals surface area contributed by atoms with Crippen LogP contribution in [0.15, 0.2) is 24.3 Å². The molecule has 0 aliphatic carbocycles. The van der Waals surface area contributed by atoms with Crippen molar-refractivity contribution in [2.45, 2.75) is 97.0 Å². The third-order valence-electron chi connectivity index (χ3n) is 5.52. The third kappa shape index (κ3) is 24.8. The van der Waals surface area contributed by atoms with Gasteiger partial charge in [-0.2, -0.15) is 0 Å². The zero-order valence-corrected chi connectivity index (χ0v) is 25.3. The Labute approximate surface area is 230 Å². The Balaban J connectivity index is 4.73. The minimum Gasteiger partial charge on any atom is -0.461 e. The number of carbonyl (C=O) groups excluding carboxylic acids is 2. The SMILES string of the molecule is CCCCCCC=CCC(=O)OC[C@H](COP(=O)(O)OCC[N+](C)(C)C)OC(=O)CC=CCCCCCC. The van der Waals surface area contributed by atoms with Crippen LogP contribution in [-0.4, -0.2) is 74.9 Å². The van der Waals surface area contributed by atoms with E-state index >= 15 is 0 Å². The van der Waals surface area contributed by atoms with Crippen LogP contribution in [0.25, 0.3) is 0 Å². The first kappa shape index (κ1) is 36.5. The number of esters is 2. The van der Waals surface area contributed by atoms with Gasteiger partial charge in [-0.25, -0.2) is 4.57 Å². The van der Waals surface area contributed by atoms with Crippen molar-refractivity contribution in [2.75, 3.05) is 47.5 Å². The van der Waals surface area contributed by atoms with Gasteiger partial charge in [0.1, 0.15) is 19.8 Å². The van der Waals surface area contributed by atoms with E-state index in [4.69, 9.17) is 18.5 Å². The largest absolute Gasteiger partial charge is 0.472 e. The normalized spacial score (nSPS) is 14.6. The lowest BCUT2D eigenvalue weighted by molar-refractivity contribution is -0.870. The first-order valence-electron chi connectivity index (χ1n) is 14.1. The molecule has 2 atom stereocenters. The molecule has 0 heterocycles. The van der Waals surface area contributed by atoms with E-state index in [0.717, 1.165) is 32.1 Å². The van der Waals surface area contributed by atoms with Gasteiger partial charge in [0.15, 0.2) is 6.10 Å². The molecule has 10 heteroatoms. The molecule has 0 radical (unpaired) electrons. The van der Waals surface area contributed by atoms with E-state index in [1.807, 2.05) is 33.3 Å². The van der Waals surface area contributed by atoms with Gasteiger partial charge in [0.2, 0.25) is 0 Å². The number of unbranched alkanes of at least 4 members (excludes halogenated alkanes) is 8. The minimum absolute atomic E-state index is 0.0184. The Morgan fingerprint density at radius 3 is 1.87 bits per heavy atom. The maximum Gasteiger partial charge on any atom is 0.472 e. The second-order valence-corrected chi connectivity index (χ2v) is 11.9. The Bertz CT molecular complexity index is 733. The molecule has 1 unspecified atom stereocenters. The molecule has 0 aliphatic heterocycles. The van der Waals surface area contributed by atoms with Crippen molar-refractivity contribution in [3.05, 3.63) is 24.3 Å². The monoisotopic (exact) mass is 562 g/mol. The summed E-state index contributed by atoms with van der Waals surface area (Å²) in [5.74, 6) is -1.01. The van der Waals surface area contributed by atoms with Gasteiger partial charge in [-0.15, -0.1) is 0 Å². The maximum atomic E-state index is 12.3. The Morgan fingerprint density at radius 1 is 0.789 bits per heavy atom. The highest BCUT2D eigenvalue weighted by Crippen LogP contribution is 2.43. The van der Waals surface area contributed by atoms with Crippen LogP contribution in [0.4, 0.5) is 0 Å². The van der Waals surface area contributed by atoms with Crippen LogP contribution in [0.3, 0.4) is 0 Å². The second kappa shape index (κ2) is 22.3. The smallest absolute Gasteiger partial charge is 0.461 e. The predicted molar refractivity (Wildman–Crippen MR) is 150 cm³/mol. The quantitative estimate of drug-likeness (QED) is 0.0493. The lowest BCUT2D eigenvalue weighted by Crippen LogP contribution is -2.37. The average molecular weight is 563 g/mol. The van der Waals surface area contributed by atoms with Gasteiger partial charge < -0.3 is 18.9 Å². The van der Waals surface area contributed by atoms with Gasteiger partial charge >= 0.3 is 19.8 Å². The second-order valence-electron chi connectivity index (χ2n) is 10.5. The summed E-state index contributed by atoms with van der Waals surface area (Å²) in [6.07, 6.45) is 17.5. The third-order valence-corrected chi connectivity index (χ3v) is 6.50. The number of allylic oxidation sites excluding steroid dienone is 2. The first-order chi connectivity index (χ1) is 18.0. The highest BCUT2D eigenvalue weighted by Gasteiger charge is 2.26. The van der Waals surface area contributed by atoms with Gasteiger partial charge in [-0.1, -0.05) is 76.7 Å². The Hall–Kier alpha value is -1.51. The molecule has 0 aromatic rings. The summed E-state index contributed by atoms with van der Waals surface area (Å²) < 4.78 is 33.5. The first-order valence-corrected chi connectivity index (χ1v) is 15.6. The number of phosphoric acid groups is 1. The Morgan fingerprint density at radius 2 is 1.34 bits per heavy atom. The number of phosphoric ester groups is 1. The molecule has 0 aromatic heterocycles. The Kier molecular flexibility index (Phi) is 21.4. The topological polar surface area (TPSA) is 108 Å². The molecule has 38 heavy (non-hydrogen) atoms. The lowest BCUT2D eigenvalue weighted by Gasteiger charge is -2.24. The molecule has 0 aromatic carbocycles. The molecular formula is C28H53NO8P+. The highest BCUT2D eigenvalue weighted by atomic mass is 31.2. The number of quaternary nitrogens is 1. The van der Waals surface area contributed by atoms with Crippen molar-refractivity contribution in [2.24, 2.45) is 0 Å². The van der Waals surface area contributed by atoms with Gasteiger partial charge in [0.25, 0.3) is 0 Å². The molecule has 0 saturated carbocycles. The molecule has 0 fully saturated rings. The van der Waals surface area contributed by atoms with E-state index in [9.17, 15) is 19.0 Å². The maximum absolute atomic E-state index is 12.3. The molecule has 9 nitrogen and oxygen atoms in total. The highest BCUT2D eigenvalue weighted by molar-refractivity contribution is 7.47. The summed E-state index contributed by atoms with van der Waals surface area (Å²) in [5.41, 5.74) is 0. The number of carbonyl (C=O) groups is 2. The molecule has 0 rings (SSSR count). The van der Waals surface area contributed by atoms with Gasteiger partial charge in [0.05, 0.1) is 40.6 Å². The van der Waals surface area contributed by atoms with Gasteiger partial charge in [0, 0.05) is 0 Å². The van der Waals surface area contributed by atoms with E-state index in [0.29, 0.717) is 11.0 Å². The van der Waals surface area contributed by atoms with Crippen molar-refractivity contribution >= 4 is 19.8 Å². The minimum atomic E-state index is -4.36. The van der Waals surface area contributed by atoms with Gasteiger partial charge in [-0.3, -0.25) is 18.6 Å². The number of ether oxygens (including phenoxy) is 2. The summed E-state index contributed by atoms with van der Waals surface area (Å²) in [4.78, 5) is 34.4. The summed E-state index contributed by atoms with van der Waals surface area (Å²) >= 11 is 0. The average Bonchev–Trinajstić information content (AvgIpc) is 2.83. The molecule has 222 valence electrons. The fourth-order valence-corrected chi connectivity index (χ4v) is 3.95. The molecule has 0 spiro atoms. The van der Waals surface area contributed by atoms with E-state index < -0.39 is 32.5 Å². The molecule has 0 aliphatic rings. The van der Waals surface area contributed by atoms with E-state index in [1.165, 1.54) is 32.1 Å². The van der Waals surface area contributed by atoms with Crippen LogP contribution in [0.1, 0.15) is 90.9 Å². The van der Waals surface area contributed by atoms with Crippen LogP contribution in [0, 0.1) is 0 Å². The summed E-state index contributed by atoms with van der Waals surface area (Å²) in [6.45, 7) is 4.11. The number of nitrogens with zero attached hydrogens (tertiary/aromatic N) is 1. The van der Waals surface area contributed by atoms with Crippen molar-refractivity contribution < 1.29 is 42.1 Å². The lowest BCUT2D eigenvalue weighted by atomic mass is 10.1. The standard InChI is InChI=1S/C28H52NO8P/c1-6-8-10-12-14-16-18-20-27(30)34-24-26(25-36-38(32,33)35-23-22-29(3,4)5)37-28(31)21-19-17-15-13-11-9-7-2/h16-19,26H,6-15,20-25H2,1-5H3/p+1/t26-/m1/s1. The van der Waals surface area contributed by atoms with Gasteiger partial charge in [-0.05, 0) is 25.7 Å². The molecule has 0 saturated heterocycles. The van der Waals surface area contributed by atoms with E-state index in [1.54, 1.807) is 12.2 Å². The van der Waals surface area contributed by atoms with Crippen molar-refractivity contribution in [3.8, 4) is 0 Å². The number of likely N-dealkylation sites (N-methyl/N-ethyl adjacent to an activating group) is 1. The fourth-order valence-electron chi connectivity index (χ4n) is 3.21. The zero-order chi connectivity index (χ0) is 28.7.